The number of para-hydroxylation sites is 1. The van der Waals surface area contributed by atoms with Gasteiger partial charge >= 0.3 is 0 Å². The van der Waals surface area contributed by atoms with Crippen molar-refractivity contribution in [1.29, 1.82) is 0 Å². The van der Waals surface area contributed by atoms with Crippen LogP contribution in [0, 0.1) is 0 Å². The molecule has 0 unspecified atom stereocenters. The molecule has 0 fully saturated rings. The molecule has 10 aromatic heterocycles. The lowest BCUT2D eigenvalue weighted by atomic mass is 9.98. The second kappa shape index (κ2) is 19.6. The minimum absolute atomic E-state index is 0.469. The maximum Gasteiger partial charge on any atom is 0.180 e. The number of pyridine rings is 5. The molecule has 0 aliphatic heterocycles. The van der Waals surface area contributed by atoms with Crippen molar-refractivity contribution in [1.82, 2.24) is 54.0 Å². The molecular weight excluding hydrogens is 1110 g/mol. The summed E-state index contributed by atoms with van der Waals surface area (Å²) < 4.78 is 10.6. The van der Waals surface area contributed by atoms with Gasteiger partial charge in [0.2, 0.25) is 0 Å². The molecule has 1 aliphatic rings. The Kier molecular flexibility index (Phi) is 10.8. The third-order valence-corrected chi connectivity index (χ3v) is 17.7. The maximum absolute atomic E-state index is 6.26. The van der Waals surface area contributed by atoms with E-state index in [4.69, 9.17) is 49.3 Å². The summed E-state index contributed by atoms with van der Waals surface area (Å²) in [5.41, 5.74) is 17.9. The van der Waals surface area contributed by atoms with Gasteiger partial charge in [0.1, 0.15) is 39.4 Å². The van der Waals surface area contributed by atoms with Crippen molar-refractivity contribution in [2.45, 2.75) is 6.42 Å². The predicted octanol–water partition coefficient (Wildman–Crippen LogP) is 18.4. The smallest absolute Gasteiger partial charge is 0.180 e. The first-order valence-corrected chi connectivity index (χ1v) is 30.0. The molecule has 0 amide bonds. The molecule has 1 aliphatic carbocycles. The molecule has 418 valence electrons. The Balaban J connectivity index is 0.754. The summed E-state index contributed by atoms with van der Waals surface area (Å²) >= 11 is 0. The van der Waals surface area contributed by atoms with E-state index in [-0.39, 0.29) is 0 Å². The monoisotopic (exact) mass is 1150 g/mol. The molecule has 19 rings (SSSR count). The van der Waals surface area contributed by atoms with Crippen LogP contribution in [0.5, 0.6) is 0 Å². The van der Waals surface area contributed by atoms with E-state index in [1.807, 2.05) is 79.3 Å². The van der Waals surface area contributed by atoms with Gasteiger partial charge in [0.05, 0.1) is 33.5 Å². The molecule has 0 spiro atoms. The first-order chi connectivity index (χ1) is 44.6. The van der Waals surface area contributed by atoms with E-state index in [1.165, 1.54) is 5.56 Å². The summed E-state index contributed by atoms with van der Waals surface area (Å²) in [4.78, 5) is 47.6. The number of nitrogens with zero attached hydrogens (tertiary/aromatic N) is 11. The number of benzene rings is 8. The second-order valence-corrected chi connectivity index (χ2v) is 22.9. The maximum atomic E-state index is 6.26. The lowest BCUT2D eigenvalue weighted by Crippen LogP contribution is -2.04. The third-order valence-electron chi connectivity index (χ3n) is 17.7. The van der Waals surface area contributed by atoms with Crippen LogP contribution >= 0.6 is 0 Å². The molecule has 0 atom stereocenters. The molecule has 8 aromatic carbocycles. The zero-order chi connectivity index (χ0) is 59.0. The highest BCUT2D eigenvalue weighted by atomic mass is 16.3. The van der Waals surface area contributed by atoms with Gasteiger partial charge in [0.15, 0.2) is 23.3 Å². The van der Waals surface area contributed by atoms with Crippen molar-refractivity contribution < 1.29 is 4.42 Å². The Labute approximate surface area is 512 Å². The normalized spacial score (nSPS) is 12.4. The highest BCUT2D eigenvalue weighted by Crippen LogP contribution is 2.42. The lowest BCUT2D eigenvalue weighted by molar-refractivity contribution is 0.603. The van der Waals surface area contributed by atoms with Gasteiger partial charge in [-0.1, -0.05) is 133 Å². The highest BCUT2D eigenvalue weighted by Gasteiger charge is 2.25. The van der Waals surface area contributed by atoms with Gasteiger partial charge in [-0.25, -0.2) is 39.9 Å². The van der Waals surface area contributed by atoms with Gasteiger partial charge in [-0.3, -0.25) is 14.1 Å². The van der Waals surface area contributed by atoms with E-state index in [0.29, 0.717) is 29.0 Å². The largest absolute Gasteiger partial charge is 0.456 e. The van der Waals surface area contributed by atoms with Crippen LogP contribution in [-0.4, -0.2) is 54.0 Å². The molecular formula is C78H45N11O. The molecule has 0 saturated heterocycles. The third kappa shape index (κ3) is 7.77. The number of hydrogen-bond donors (Lipinski definition) is 0. The predicted molar refractivity (Wildman–Crippen MR) is 360 cm³/mol. The zero-order valence-electron chi connectivity index (χ0n) is 47.9. The standard InChI is InChI=1S/C78H45N11O/c1-3-13-45(14-4-1)62-33-27-47-25-31-58-71(69(47)82-62)84-73(53-30-36-68-61(43-53)55-20-10-24-67(55)90-68)86-77(58)89-66-35-29-51(42-60(66)57-22-12-39-81-76(57)89)49-17-9-18-50(41-49)52-37-40-79-64(44-52)74-85-72-59(32-26-48-28-34-63(83-70(48)72)46-15-5-2-6-16-46)78(87-74)88-65-23-8-7-19-54(65)56-21-11-38-80-75(56)88/h1-19,21-44H,20H2. The fourth-order valence-electron chi connectivity index (χ4n) is 13.4. The summed E-state index contributed by atoms with van der Waals surface area (Å²) in [6.07, 6.45) is 10.6. The summed E-state index contributed by atoms with van der Waals surface area (Å²) in [6, 6.07) is 79.8. The fraction of sp³-hybridized carbons (Fsp3) is 0.0128. The van der Waals surface area contributed by atoms with E-state index >= 15 is 0 Å². The average Bonchev–Trinajstić information content (AvgIpc) is 1.45. The second-order valence-electron chi connectivity index (χ2n) is 22.9. The van der Waals surface area contributed by atoms with E-state index in [9.17, 15) is 0 Å². The van der Waals surface area contributed by atoms with Gasteiger partial charge in [-0.2, -0.15) is 0 Å². The van der Waals surface area contributed by atoms with Crippen molar-refractivity contribution in [3.8, 4) is 79.3 Å². The van der Waals surface area contributed by atoms with Crippen LogP contribution in [0.1, 0.15) is 11.3 Å². The van der Waals surface area contributed by atoms with Crippen LogP contribution in [0.15, 0.2) is 260 Å². The topological polar surface area (TPSA) is 139 Å². The van der Waals surface area contributed by atoms with E-state index in [2.05, 4.69) is 191 Å². The number of fused-ring (bicyclic) bond motifs is 15. The van der Waals surface area contributed by atoms with Crippen molar-refractivity contribution in [3.63, 3.8) is 0 Å². The Bertz CT molecular complexity index is 6030. The Morgan fingerprint density at radius 1 is 0.322 bits per heavy atom. The molecule has 10 heterocycles. The summed E-state index contributed by atoms with van der Waals surface area (Å²) in [5.74, 6) is 3.35. The molecule has 90 heavy (non-hydrogen) atoms. The summed E-state index contributed by atoms with van der Waals surface area (Å²) in [7, 11) is 0. The highest BCUT2D eigenvalue weighted by molar-refractivity contribution is 6.14. The van der Waals surface area contributed by atoms with Crippen LogP contribution in [0.4, 0.5) is 0 Å². The molecule has 0 radical (unpaired) electrons. The molecule has 12 nitrogen and oxygen atoms in total. The molecule has 0 saturated carbocycles. The van der Waals surface area contributed by atoms with Crippen molar-refractivity contribution in [3.05, 3.63) is 267 Å². The first-order valence-electron chi connectivity index (χ1n) is 30.0. The number of furan rings is 1. The summed E-state index contributed by atoms with van der Waals surface area (Å²) in [5, 5.41) is 8.86. The van der Waals surface area contributed by atoms with E-state index < -0.39 is 0 Å². The van der Waals surface area contributed by atoms with Gasteiger partial charge in [-0.15, -0.1) is 0 Å². The average molecular weight is 1150 g/mol. The van der Waals surface area contributed by atoms with Gasteiger partial charge in [0, 0.05) is 89.3 Å². The Morgan fingerprint density at radius 2 is 0.878 bits per heavy atom. The van der Waals surface area contributed by atoms with E-state index in [1.54, 1.807) is 0 Å². The SMILES string of the molecule is C1=Cc2oc3ccc(-c4nc(-n5c6ccc(-c7cccc(-c8ccnc(-c9nc(-n%10c%11ccccc%11c%11cccnc%11%10)c%10ccc%11ccc(-c%12ccccc%12)nc%11c%10n9)c8)c7)cc6c6cccnc65)c5ccc6ccc(-c7ccccc7)nc6c5n4)cc3c2C1. The number of rotatable bonds is 8. The minimum atomic E-state index is 0.469. The van der Waals surface area contributed by atoms with Crippen LogP contribution < -0.4 is 0 Å². The Morgan fingerprint density at radius 3 is 1.58 bits per heavy atom. The molecule has 12 heteroatoms. The lowest BCUT2D eigenvalue weighted by Gasteiger charge is -2.14. The number of allylic oxidation sites excluding steroid dienone is 1. The Hall–Kier alpha value is -12.4. The summed E-state index contributed by atoms with van der Waals surface area (Å²) in [6.45, 7) is 0. The van der Waals surface area contributed by atoms with Crippen molar-refractivity contribution >= 4 is 105 Å². The first kappa shape index (κ1) is 49.8. The van der Waals surface area contributed by atoms with E-state index in [0.717, 1.165) is 161 Å². The van der Waals surface area contributed by atoms with Crippen LogP contribution in [-0.2, 0) is 6.42 Å². The van der Waals surface area contributed by atoms with Gasteiger partial charge < -0.3 is 4.42 Å². The zero-order valence-corrected chi connectivity index (χ0v) is 47.9. The van der Waals surface area contributed by atoms with Gasteiger partial charge in [-0.05, 0) is 138 Å². The fourth-order valence-corrected chi connectivity index (χ4v) is 13.4. The van der Waals surface area contributed by atoms with Crippen molar-refractivity contribution in [2.75, 3.05) is 0 Å². The van der Waals surface area contributed by atoms with Gasteiger partial charge in [0.25, 0.3) is 0 Å². The molecule has 18 aromatic rings. The van der Waals surface area contributed by atoms with Crippen molar-refractivity contribution in [2.24, 2.45) is 0 Å². The molecule has 0 N–H and O–H groups in total. The number of hydrogen-bond acceptors (Lipinski definition) is 10. The number of aromatic nitrogens is 11. The minimum Gasteiger partial charge on any atom is -0.456 e. The van der Waals surface area contributed by atoms with Crippen LogP contribution in [0.25, 0.3) is 184 Å². The van der Waals surface area contributed by atoms with Crippen LogP contribution in [0.3, 0.4) is 0 Å². The van der Waals surface area contributed by atoms with Crippen LogP contribution in [0.2, 0.25) is 0 Å². The molecule has 0 bridgehead atoms. The quantitative estimate of drug-likeness (QED) is 0.135.